The van der Waals surface area contributed by atoms with Gasteiger partial charge >= 0.3 is 5.97 Å². The maximum absolute atomic E-state index is 12.2. The lowest BCUT2D eigenvalue weighted by molar-refractivity contribution is -0.144. The molecule has 2 aliphatic rings. The Kier molecular flexibility index (Phi) is 4.73. The number of carboxylic acid groups (broad SMARTS) is 1. The van der Waals surface area contributed by atoms with Gasteiger partial charge in [-0.05, 0) is 19.4 Å². The molecule has 8 heteroatoms. The molecule has 0 amide bonds. The summed E-state index contributed by atoms with van der Waals surface area (Å²) in [6.07, 6.45) is 0.687. The van der Waals surface area contributed by atoms with Gasteiger partial charge in [0.15, 0.2) is 9.84 Å². The third-order valence-electron chi connectivity index (χ3n) is 5.89. The Morgan fingerprint density at radius 1 is 1.22 bits per heavy atom. The molecule has 2 aliphatic heterocycles. The molecular formula is C19H25N3O4S. The lowest BCUT2D eigenvalue weighted by Gasteiger charge is -2.40. The standard InChI is InChI=1S/C19H25N3O4S/c1-13-17(15-4-2-3-5-16(15)20-13)18(19(23)24)22-9-7-21(8-10-22)14-6-11-27(25,26)12-14/h2-5,14,18,20H,6-12H2,1H3,(H,23,24)/t14-,18-/m0/s1. The minimum atomic E-state index is -2.91. The van der Waals surface area contributed by atoms with Gasteiger partial charge in [-0.1, -0.05) is 18.2 Å². The molecule has 2 aromatic rings. The van der Waals surface area contributed by atoms with E-state index >= 15 is 0 Å². The van der Waals surface area contributed by atoms with Crippen LogP contribution in [-0.4, -0.2) is 78.0 Å². The van der Waals surface area contributed by atoms with Crippen molar-refractivity contribution in [3.05, 3.63) is 35.5 Å². The summed E-state index contributed by atoms with van der Waals surface area (Å²) in [6, 6.07) is 7.17. The Bertz CT molecular complexity index is 960. The summed E-state index contributed by atoms with van der Waals surface area (Å²) in [5.41, 5.74) is 2.66. The maximum atomic E-state index is 12.2. The van der Waals surface area contributed by atoms with Crippen LogP contribution in [0, 0.1) is 6.92 Å². The average Bonchev–Trinajstić information content (AvgIpc) is 3.15. The first-order valence-corrected chi connectivity index (χ1v) is 11.2. The SMILES string of the molecule is Cc1[nH]c2ccccc2c1[C@@H](C(=O)O)N1CCN([C@H]2CCS(=O)(=O)C2)CC1. The van der Waals surface area contributed by atoms with E-state index in [2.05, 4.69) is 9.88 Å². The number of piperazine rings is 1. The summed E-state index contributed by atoms with van der Waals surface area (Å²) >= 11 is 0. The quantitative estimate of drug-likeness (QED) is 0.818. The van der Waals surface area contributed by atoms with Crippen LogP contribution < -0.4 is 0 Å². The number of fused-ring (bicyclic) bond motifs is 1. The van der Waals surface area contributed by atoms with Gasteiger partial charge in [0.05, 0.1) is 11.5 Å². The predicted octanol–water partition coefficient (Wildman–Crippen LogP) is 1.41. The van der Waals surface area contributed by atoms with Crippen molar-refractivity contribution < 1.29 is 18.3 Å². The second kappa shape index (κ2) is 6.92. The average molecular weight is 391 g/mol. The summed E-state index contributed by atoms with van der Waals surface area (Å²) in [7, 11) is -2.91. The van der Waals surface area contributed by atoms with Crippen LogP contribution in [0.25, 0.3) is 10.9 Å². The number of aromatic amines is 1. The number of aryl methyl sites for hydroxylation is 1. The highest BCUT2D eigenvalue weighted by atomic mass is 32.2. The van der Waals surface area contributed by atoms with Gasteiger partial charge < -0.3 is 10.1 Å². The number of hydrogen-bond acceptors (Lipinski definition) is 5. The van der Waals surface area contributed by atoms with Crippen LogP contribution in [0.4, 0.5) is 0 Å². The fraction of sp³-hybridized carbons (Fsp3) is 0.526. The number of benzene rings is 1. The second-order valence-corrected chi connectivity index (χ2v) is 9.81. The monoisotopic (exact) mass is 391 g/mol. The number of aromatic nitrogens is 1. The van der Waals surface area contributed by atoms with Gasteiger partial charge in [0, 0.05) is 54.4 Å². The van der Waals surface area contributed by atoms with E-state index in [1.807, 2.05) is 36.1 Å². The molecule has 4 rings (SSSR count). The highest BCUT2D eigenvalue weighted by Crippen LogP contribution is 2.33. The van der Waals surface area contributed by atoms with Crippen LogP contribution >= 0.6 is 0 Å². The van der Waals surface area contributed by atoms with Gasteiger partial charge in [0.25, 0.3) is 0 Å². The Hall–Kier alpha value is -1.90. The summed E-state index contributed by atoms with van der Waals surface area (Å²) < 4.78 is 23.5. The Morgan fingerprint density at radius 3 is 2.56 bits per heavy atom. The number of nitrogens with zero attached hydrogens (tertiary/aromatic N) is 2. The predicted molar refractivity (Wildman–Crippen MR) is 104 cm³/mol. The van der Waals surface area contributed by atoms with Crippen molar-refractivity contribution in [2.24, 2.45) is 0 Å². The molecule has 0 unspecified atom stereocenters. The number of hydrogen-bond donors (Lipinski definition) is 2. The smallest absolute Gasteiger partial charge is 0.325 e. The van der Waals surface area contributed by atoms with Gasteiger partial charge in [-0.2, -0.15) is 0 Å². The third-order valence-corrected chi connectivity index (χ3v) is 7.64. The van der Waals surface area contributed by atoms with Crippen molar-refractivity contribution in [2.45, 2.75) is 25.4 Å². The maximum Gasteiger partial charge on any atom is 0.325 e. The van der Waals surface area contributed by atoms with Crippen molar-refractivity contribution in [3.63, 3.8) is 0 Å². The fourth-order valence-corrected chi connectivity index (χ4v) is 6.30. The van der Waals surface area contributed by atoms with Crippen molar-refractivity contribution in [1.29, 1.82) is 0 Å². The molecule has 2 saturated heterocycles. The van der Waals surface area contributed by atoms with E-state index in [4.69, 9.17) is 0 Å². The van der Waals surface area contributed by atoms with Crippen LogP contribution in [0.15, 0.2) is 24.3 Å². The molecule has 1 aromatic carbocycles. The molecule has 146 valence electrons. The van der Waals surface area contributed by atoms with E-state index in [9.17, 15) is 18.3 Å². The third kappa shape index (κ3) is 3.49. The van der Waals surface area contributed by atoms with Crippen molar-refractivity contribution in [2.75, 3.05) is 37.7 Å². The van der Waals surface area contributed by atoms with Gasteiger partial charge in [-0.3, -0.25) is 14.6 Å². The van der Waals surface area contributed by atoms with E-state index in [1.54, 1.807) is 0 Å². The second-order valence-electron chi connectivity index (χ2n) is 7.58. The zero-order chi connectivity index (χ0) is 19.2. The van der Waals surface area contributed by atoms with E-state index in [-0.39, 0.29) is 17.5 Å². The number of carbonyl (C=O) groups is 1. The van der Waals surface area contributed by atoms with Crippen LogP contribution in [0.5, 0.6) is 0 Å². The number of H-pyrrole nitrogens is 1. The van der Waals surface area contributed by atoms with Crippen LogP contribution in [0.3, 0.4) is 0 Å². The fourth-order valence-electron chi connectivity index (χ4n) is 4.54. The van der Waals surface area contributed by atoms with E-state index < -0.39 is 21.8 Å². The Morgan fingerprint density at radius 2 is 1.93 bits per heavy atom. The molecule has 2 N–H and O–H groups in total. The summed E-state index contributed by atoms with van der Waals surface area (Å²) in [6.45, 7) is 4.56. The molecule has 0 aliphatic carbocycles. The highest BCUT2D eigenvalue weighted by molar-refractivity contribution is 7.91. The number of rotatable bonds is 4. The Labute approximate surface area is 158 Å². The molecule has 2 fully saturated rings. The minimum absolute atomic E-state index is 0.0789. The van der Waals surface area contributed by atoms with Crippen LogP contribution in [0.1, 0.15) is 23.7 Å². The molecule has 0 saturated carbocycles. The zero-order valence-corrected chi connectivity index (χ0v) is 16.2. The van der Waals surface area contributed by atoms with E-state index in [1.165, 1.54) is 0 Å². The van der Waals surface area contributed by atoms with Crippen LogP contribution in [-0.2, 0) is 14.6 Å². The highest BCUT2D eigenvalue weighted by Gasteiger charge is 2.37. The molecule has 3 heterocycles. The molecule has 2 atom stereocenters. The topological polar surface area (TPSA) is 93.7 Å². The first-order valence-electron chi connectivity index (χ1n) is 9.34. The van der Waals surface area contributed by atoms with Crippen molar-refractivity contribution >= 4 is 26.7 Å². The number of para-hydroxylation sites is 1. The number of carboxylic acids is 1. The lowest BCUT2D eigenvalue weighted by Crippen LogP contribution is -2.52. The summed E-state index contributed by atoms with van der Waals surface area (Å²) in [4.78, 5) is 19.7. The lowest BCUT2D eigenvalue weighted by atomic mass is 10.0. The molecule has 27 heavy (non-hydrogen) atoms. The molecule has 0 bridgehead atoms. The number of nitrogens with one attached hydrogen (secondary N) is 1. The van der Waals surface area contributed by atoms with Gasteiger partial charge in [-0.25, -0.2) is 8.42 Å². The molecule has 0 spiro atoms. The van der Waals surface area contributed by atoms with Gasteiger partial charge in [0.2, 0.25) is 0 Å². The Balaban J connectivity index is 1.54. The molecule has 0 radical (unpaired) electrons. The first kappa shape index (κ1) is 18.5. The number of sulfone groups is 1. The van der Waals surface area contributed by atoms with Gasteiger partial charge in [0.1, 0.15) is 6.04 Å². The van der Waals surface area contributed by atoms with Crippen molar-refractivity contribution in [1.82, 2.24) is 14.8 Å². The number of aliphatic carboxylic acids is 1. The summed E-state index contributed by atoms with van der Waals surface area (Å²) in [5.74, 6) is -0.346. The largest absolute Gasteiger partial charge is 0.480 e. The normalized spacial score (nSPS) is 25.0. The first-order chi connectivity index (χ1) is 12.9. The molecule has 7 nitrogen and oxygen atoms in total. The van der Waals surface area contributed by atoms with Crippen LogP contribution in [0.2, 0.25) is 0 Å². The minimum Gasteiger partial charge on any atom is -0.480 e. The van der Waals surface area contributed by atoms with E-state index in [0.717, 1.165) is 22.2 Å². The molecular weight excluding hydrogens is 366 g/mol. The van der Waals surface area contributed by atoms with Gasteiger partial charge in [-0.15, -0.1) is 0 Å². The zero-order valence-electron chi connectivity index (χ0n) is 15.4. The molecule has 1 aromatic heterocycles. The van der Waals surface area contributed by atoms with E-state index in [0.29, 0.717) is 32.6 Å². The summed E-state index contributed by atoms with van der Waals surface area (Å²) in [5, 5.41) is 10.9. The van der Waals surface area contributed by atoms with Crippen molar-refractivity contribution in [3.8, 4) is 0 Å².